The van der Waals surface area contributed by atoms with Crippen LogP contribution in [-0.2, 0) is 0 Å². The molecule has 1 aromatic carbocycles. The molecule has 0 radical (unpaired) electrons. The first kappa shape index (κ1) is 19.7. The zero-order valence-corrected chi connectivity index (χ0v) is 15.8. The van der Waals surface area contributed by atoms with Crippen molar-refractivity contribution in [2.45, 2.75) is 83.5 Å². The third kappa shape index (κ3) is 4.61. The van der Waals surface area contributed by atoms with Gasteiger partial charge in [0.15, 0.2) is 11.6 Å². The Bertz CT molecular complexity index is 603. The minimum atomic E-state index is -2.55. The molecule has 26 heavy (non-hydrogen) atoms. The van der Waals surface area contributed by atoms with Crippen LogP contribution in [0.25, 0.3) is 0 Å². The molecule has 4 heteroatoms. The van der Waals surface area contributed by atoms with Gasteiger partial charge in [0.25, 0.3) is 0 Å². The average molecular weight is 370 g/mol. The van der Waals surface area contributed by atoms with Crippen molar-refractivity contribution in [2.24, 2.45) is 17.8 Å². The summed E-state index contributed by atoms with van der Waals surface area (Å²) in [5.41, 5.74) is 0.884. The van der Waals surface area contributed by atoms with Gasteiger partial charge in [-0.25, -0.2) is 17.6 Å². The van der Waals surface area contributed by atoms with Crippen LogP contribution in [0.4, 0.5) is 17.6 Å². The Morgan fingerprint density at radius 1 is 0.846 bits per heavy atom. The summed E-state index contributed by atoms with van der Waals surface area (Å²) in [5, 5.41) is 0. The molecule has 0 unspecified atom stereocenters. The van der Waals surface area contributed by atoms with Gasteiger partial charge in [0.1, 0.15) is 0 Å². The van der Waals surface area contributed by atoms with E-state index in [0.717, 1.165) is 58.3 Å². The normalized spacial score (nSPS) is 30.4. The van der Waals surface area contributed by atoms with Crippen LogP contribution in [0.3, 0.4) is 0 Å². The van der Waals surface area contributed by atoms with Crippen LogP contribution in [0.2, 0.25) is 0 Å². The van der Waals surface area contributed by atoms with Crippen molar-refractivity contribution in [3.63, 3.8) is 0 Å². The van der Waals surface area contributed by atoms with E-state index < -0.39 is 17.6 Å². The molecule has 0 N–H and O–H groups in total. The first-order valence-corrected chi connectivity index (χ1v) is 10.1. The Morgan fingerprint density at radius 3 is 1.92 bits per heavy atom. The first-order chi connectivity index (χ1) is 12.2. The van der Waals surface area contributed by atoms with Crippen molar-refractivity contribution in [1.82, 2.24) is 0 Å². The predicted octanol–water partition coefficient (Wildman–Crippen LogP) is 7.40. The predicted molar refractivity (Wildman–Crippen MR) is 96.5 cm³/mol. The molecule has 2 aliphatic carbocycles. The Balaban J connectivity index is 1.51. The third-order valence-corrected chi connectivity index (χ3v) is 6.72. The molecule has 0 nitrogen and oxygen atoms in total. The summed E-state index contributed by atoms with van der Waals surface area (Å²) in [5.74, 6) is -2.43. The largest absolute Gasteiger partial charge is 0.245 e. The van der Waals surface area contributed by atoms with Gasteiger partial charge < -0.3 is 0 Å². The van der Waals surface area contributed by atoms with E-state index in [4.69, 9.17) is 0 Å². The van der Waals surface area contributed by atoms with Crippen LogP contribution in [0.5, 0.6) is 0 Å². The van der Waals surface area contributed by atoms with Crippen molar-refractivity contribution in [3.05, 3.63) is 34.9 Å². The molecule has 0 aromatic heterocycles. The molecular weight excluding hydrogens is 340 g/mol. The molecule has 0 atom stereocenters. The average Bonchev–Trinajstić information content (AvgIpc) is 2.59. The summed E-state index contributed by atoms with van der Waals surface area (Å²) < 4.78 is 54.5. The van der Waals surface area contributed by atoms with Gasteiger partial charge in [0, 0.05) is 6.42 Å². The lowest BCUT2D eigenvalue weighted by Gasteiger charge is -2.38. The lowest BCUT2D eigenvalue weighted by molar-refractivity contribution is -0.0130. The minimum Gasteiger partial charge on any atom is -0.207 e. The molecule has 0 heterocycles. The number of alkyl halides is 2. The molecule has 0 saturated heterocycles. The molecular formula is C22H30F4. The number of benzene rings is 1. The quantitative estimate of drug-likeness (QED) is 0.484. The molecule has 2 aliphatic rings. The zero-order chi connectivity index (χ0) is 18.9. The van der Waals surface area contributed by atoms with E-state index in [1.165, 1.54) is 0 Å². The Morgan fingerprint density at radius 2 is 1.38 bits per heavy atom. The second kappa shape index (κ2) is 7.90. The van der Waals surface area contributed by atoms with Crippen molar-refractivity contribution in [2.75, 3.05) is 0 Å². The Labute approximate surface area is 154 Å². The van der Waals surface area contributed by atoms with Crippen LogP contribution in [0, 0.1) is 36.3 Å². The SMILES string of the molecule is Cc1ccc(C2CCC(C3CCC(CC(C)(F)F)CC3)CC2)c(F)c1F. The maximum Gasteiger partial charge on any atom is 0.245 e. The molecule has 0 spiro atoms. The van der Waals surface area contributed by atoms with Crippen LogP contribution in [-0.4, -0.2) is 5.92 Å². The summed E-state index contributed by atoms with van der Waals surface area (Å²) in [7, 11) is 0. The molecule has 2 fully saturated rings. The second-order valence-electron chi connectivity index (χ2n) is 8.77. The van der Waals surface area contributed by atoms with Crippen LogP contribution >= 0.6 is 0 Å². The topological polar surface area (TPSA) is 0 Å². The van der Waals surface area contributed by atoms with E-state index in [-0.39, 0.29) is 18.3 Å². The highest BCUT2D eigenvalue weighted by Crippen LogP contribution is 2.45. The van der Waals surface area contributed by atoms with Gasteiger partial charge in [-0.2, -0.15) is 0 Å². The van der Waals surface area contributed by atoms with Crippen LogP contribution in [0.15, 0.2) is 12.1 Å². The fraction of sp³-hybridized carbons (Fsp3) is 0.727. The fourth-order valence-electron chi connectivity index (χ4n) is 5.25. The minimum absolute atomic E-state index is 0.0186. The standard InChI is InChI=1S/C22H30F4/c1-14-3-12-19(21(24)20(14)23)18-10-8-17(9-11-18)16-6-4-15(5-7-16)13-22(2,25)26/h3,12,15-18H,4-11,13H2,1-2H3. The van der Waals surface area contributed by atoms with E-state index in [1.807, 2.05) is 0 Å². The summed E-state index contributed by atoms with van der Waals surface area (Å²) in [6.45, 7) is 2.61. The molecule has 0 amide bonds. The van der Waals surface area contributed by atoms with E-state index in [0.29, 0.717) is 23.0 Å². The maximum atomic E-state index is 14.2. The van der Waals surface area contributed by atoms with Crippen molar-refractivity contribution in [3.8, 4) is 0 Å². The monoisotopic (exact) mass is 370 g/mol. The van der Waals surface area contributed by atoms with Crippen molar-refractivity contribution in [1.29, 1.82) is 0 Å². The first-order valence-electron chi connectivity index (χ1n) is 10.1. The lowest BCUT2D eigenvalue weighted by atomic mass is 9.68. The number of aryl methyl sites for hydroxylation is 1. The number of rotatable bonds is 4. The number of hydrogen-bond donors (Lipinski definition) is 0. The molecule has 146 valence electrons. The van der Waals surface area contributed by atoms with Gasteiger partial charge in [0.05, 0.1) is 0 Å². The molecule has 0 bridgehead atoms. The molecule has 3 rings (SSSR count). The van der Waals surface area contributed by atoms with Gasteiger partial charge in [0.2, 0.25) is 5.92 Å². The lowest BCUT2D eigenvalue weighted by Crippen LogP contribution is -2.27. The highest BCUT2D eigenvalue weighted by molar-refractivity contribution is 5.28. The highest BCUT2D eigenvalue weighted by Gasteiger charge is 2.34. The highest BCUT2D eigenvalue weighted by atomic mass is 19.3. The number of hydrogen-bond acceptors (Lipinski definition) is 0. The second-order valence-corrected chi connectivity index (χ2v) is 8.77. The van der Waals surface area contributed by atoms with Crippen molar-refractivity contribution >= 4 is 0 Å². The summed E-state index contributed by atoms with van der Waals surface area (Å²) >= 11 is 0. The third-order valence-electron chi connectivity index (χ3n) is 6.72. The van der Waals surface area contributed by atoms with Crippen molar-refractivity contribution < 1.29 is 17.6 Å². The van der Waals surface area contributed by atoms with Gasteiger partial charge in [-0.1, -0.05) is 12.1 Å². The van der Waals surface area contributed by atoms with Gasteiger partial charge in [-0.3, -0.25) is 0 Å². The molecule has 0 aliphatic heterocycles. The van der Waals surface area contributed by atoms with Gasteiger partial charge in [-0.05, 0) is 100 Å². The maximum absolute atomic E-state index is 14.2. The summed E-state index contributed by atoms with van der Waals surface area (Å²) in [6.07, 6.45) is 7.81. The van der Waals surface area contributed by atoms with Gasteiger partial charge in [-0.15, -0.1) is 0 Å². The van der Waals surface area contributed by atoms with E-state index in [9.17, 15) is 17.6 Å². The van der Waals surface area contributed by atoms with E-state index in [2.05, 4.69) is 0 Å². The van der Waals surface area contributed by atoms with Gasteiger partial charge >= 0.3 is 0 Å². The Kier molecular flexibility index (Phi) is 5.98. The fourth-order valence-corrected chi connectivity index (χ4v) is 5.25. The van der Waals surface area contributed by atoms with E-state index >= 15 is 0 Å². The Hall–Kier alpha value is -1.06. The summed E-state index contributed by atoms with van der Waals surface area (Å²) in [6, 6.07) is 3.42. The van der Waals surface area contributed by atoms with Crippen LogP contribution < -0.4 is 0 Å². The molecule has 1 aromatic rings. The summed E-state index contributed by atoms with van der Waals surface area (Å²) in [4.78, 5) is 0. The van der Waals surface area contributed by atoms with E-state index in [1.54, 1.807) is 19.1 Å². The molecule has 2 saturated carbocycles. The van der Waals surface area contributed by atoms with Crippen LogP contribution in [0.1, 0.15) is 81.8 Å². The smallest absolute Gasteiger partial charge is 0.207 e. The zero-order valence-electron chi connectivity index (χ0n) is 15.8. The number of halogens is 4.